The first kappa shape index (κ1) is 47.7. The van der Waals surface area contributed by atoms with E-state index in [0.717, 1.165) is 42.7 Å². The van der Waals surface area contributed by atoms with Gasteiger partial charge in [-0.05, 0) is 88.6 Å². The van der Waals surface area contributed by atoms with Gasteiger partial charge in [0.2, 0.25) is 0 Å². The lowest BCUT2D eigenvalue weighted by atomic mass is 10.0. The zero-order valence-electron chi connectivity index (χ0n) is 35.5. The highest BCUT2D eigenvalue weighted by molar-refractivity contribution is 5.93. The number of furan rings is 2. The molecule has 63 heavy (non-hydrogen) atoms. The maximum absolute atomic E-state index is 13.4. The second-order valence-corrected chi connectivity index (χ2v) is 15.8. The number of hydrogen-bond donors (Lipinski definition) is 0. The minimum Gasteiger partial charge on any atom is -0.490 e. The number of benzene rings is 2. The second kappa shape index (κ2) is 22.7. The molecule has 6 heterocycles. The molecule has 13 nitrogen and oxygen atoms in total. The van der Waals surface area contributed by atoms with E-state index in [1.165, 1.54) is 0 Å². The topological polar surface area (TPSA) is 141 Å². The van der Waals surface area contributed by atoms with Crippen LogP contribution in [0.25, 0.3) is 22.6 Å². The van der Waals surface area contributed by atoms with Crippen molar-refractivity contribution < 1.29 is 37.4 Å². The minimum absolute atomic E-state index is 0. The molecule has 0 bridgehead atoms. The summed E-state index contributed by atoms with van der Waals surface area (Å²) < 4.78 is 29.0. The number of carbonyl (C=O) groups is 3. The highest BCUT2D eigenvalue weighted by Gasteiger charge is 2.36. The number of rotatable bonds is 10. The van der Waals surface area contributed by atoms with Crippen LogP contribution in [0.4, 0.5) is 4.79 Å². The quantitative estimate of drug-likeness (QED) is 0.131. The fourth-order valence-electron chi connectivity index (χ4n) is 7.15. The van der Waals surface area contributed by atoms with Crippen molar-refractivity contribution in [1.29, 1.82) is 0 Å². The Labute approximate surface area is 380 Å². The van der Waals surface area contributed by atoms with Crippen molar-refractivity contribution in [3.8, 4) is 34.1 Å². The van der Waals surface area contributed by atoms with Gasteiger partial charge in [0.25, 0.3) is 11.8 Å². The monoisotopic (exact) mass is 897 g/mol. The van der Waals surface area contributed by atoms with Crippen LogP contribution in [0.3, 0.4) is 0 Å². The van der Waals surface area contributed by atoms with Crippen LogP contribution in [0, 0.1) is 0 Å². The Kier molecular flexibility index (Phi) is 17.2. The van der Waals surface area contributed by atoms with Crippen LogP contribution in [0.2, 0.25) is 0 Å². The Bertz CT molecular complexity index is 2320. The van der Waals surface area contributed by atoms with Crippen molar-refractivity contribution in [3.63, 3.8) is 0 Å². The highest BCUT2D eigenvalue weighted by Crippen LogP contribution is 2.27. The van der Waals surface area contributed by atoms with E-state index < -0.39 is 11.7 Å². The number of nitrogens with zero attached hydrogens (tertiary/aromatic N) is 5. The summed E-state index contributed by atoms with van der Waals surface area (Å²) in [5.74, 6) is 2.95. The third-order valence-corrected chi connectivity index (χ3v) is 10.2. The Balaban J connectivity index is 0.000000236. The Hall–Kier alpha value is -6.31. The summed E-state index contributed by atoms with van der Waals surface area (Å²) in [7, 11) is 0. The van der Waals surface area contributed by atoms with E-state index in [0.29, 0.717) is 42.7 Å². The maximum Gasteiger partial charge on any atom is 0.410 e. The summed E-state index contributed by atoms with van der Waals surface area (Å²) in [6.45, 7) is 7.84. The van der Waals surface area contributed by atoms with E-state index >= 15 is 0 Å². The number of hydrogen-bond acceptors (Lipinski definition) is 10. The predicted octanol–water partition coefficient (Wildman–Crippen LogP) is 9.74. The van der Waals surface area contributed by atoms with Gasteiger partial charge in [-0.2, -0.15) is 0 Å². The van der Waals surface area contributed by atoms with Gasteiger partial charge in [0.15, 0.2) is 11.5 Å². The first-order valence-electron chi connectivity index (χ1n) is 20.6. The molecule has 2 aliphatic heterocycles. The molecule has 3 amide bonds. The number of carbonyl (C=O) groups excluding carboxylic acids is 3. The van der Waals surface area contributed by atoms with E-state index in [2.05, 4.69) is 9.97 Å². The Morgan fingerprint density at radius 1 is 0.619 bits per heavy atom. The number of likely N-dealkylation sites (tertiary alicyclic amines) is 1. The van der Waals surface area contributed by atoms with Gasteiger partial charge in [-0.25, -0.2) is 4.79 Å². The van der Waals surface area contributed by atoms with Gasteiger partial charge in [-0.1, -0.05) is 60.7 Å². The van der Waals surface area contributed by atoms with Gasteiger partial charge in [0.05, 0.1) is 24.5 Å². The molecule has 2 saturated heterocycles. The van der Waals surface area contributed by atoms with E-state index in [1.807, 2.05) is 105 Å². The van der Waals surface area contributed by atoms with Gasteiger partial charge in [0, 0.05) is 49.7 Å². The van der Waals surface area contributed by atoms with Crippen LogP contribution in [0.15, 0.2) is 143 Å². The highest BCUT2D eigenvalue weighted by atomic mass is 35.5. The van der Waals surface area contributed by atoms with Crippen LogP contribution >= 0.6 is 24.8 Å². The molecule has 6 aromatic rings. The molecule has 8 rings (SSSR count). The average molecular weight is 899 g/mol. The van der Waals surface area contributed by atoms with E-state index in [-0.39, 0.29) is 67.6 Å². The summed E-state index contributed by atoms with van der Waals surface area (Å²) in [6, 6.07) is 33.5. The van der Waals surface area contributed by atoms with Gasteiger partial charge in [-0.15, -0.1) is 24.8 Å². The van der Waals surface area contributed by atoms with E-state index in [1.54, 1.807) is 64.9 Å². The Morgan fingerprint density at radius 2 is 1.13 bits per heavy atom. The van der Waals surface area contributed by atoms with Crippen LogP contribution in [0.5, 0.6) is 11.5 Å². The molecule has 0 aliphatic carbocycles. The normalized spacial score (nSPS) is 16.0. The van der Waals surface area contributed by atoms with E-state index in [4.69, 9.17) is 23.0 Å². The molecule has 2 unspecified atom stereocenters. The number of ether oxygens (including phenoxy) is 3. The summed E-state index contributed by atoms with van der Waals surface area (Å²) in [5, 5.41) is 0. The molecule has 0 spiro atoms. The summed E-state index contributed by atoms with van der Waals surface area (Å²) in [6.07, 6.45) is 9.29. The maximum atomic E-state index is 13.4. The molecule has 332 valence electrons. The van der Waals surface area contributed by atoms with Crippen molar-refractivity contribution >= 4 is 42.7 Å². The van der Waals surface area contributed by atoms with Crippen molar-refractivity contribution in [2.45, 2.75) is 57.7 Å². The molecule has 2 aliphatic rings. The molecule has 2 fully saturated rings. The standard InChI is InChI=1S/C26H29N3O5.C22H22N2O3.2ClH/c1-26(2,3)34-25(31)28-14-15-29(20(17-28)18-32-21-10-7-13-27-16-21)24(30)23-12-11-22(33-23)19-8-5-4-6-9-19;25-22(21-12-11-20(27-21)17-7-2-1-3-8-17)24-14-5-4-9-18(24)16-26-19-10-6-13-23-15-19;;/h4-13,16,20H,14-15,17-18H2,1-3H3;1-3,6-8,10-13,15,18H,4-5,9,14,16H2;2*1H. The van der Waals surface area contributed by atoms with Gasteiger partial charge < -0.3 is 37.7 Å². The van der Waals surface area contributed by atoms with Gasteiger partial charge in [0.1, 0.15) is 41.8 Å². The zero-order valence-corrected chi connectivity index (χ0v) is 37.2. The molecule has 0 saturated carbocycles. The third-order valence-electron chi connectivity index (χ3n) is 10.2. The second-order valence-electron chi connectivity index (χ2n) is 15.8. The average Bonchev–Trinajstić information content (AvgIpc) is 4.00. The van der Waals surface area contributed by atoms with Crippen molar-refractivity contribution in [3.05, 3.63) is 146 Å². The molecule has 0 radical (unpaired) electrons. The number of pyridine rings is 2. The SMILES string of the molecule is CC(C)(C)OC(=O)N1CCN(C(=O)c2ccc(-c3ccccc3)o2)C(COc2cccnc2)C1.Cl.Cl.O=C(c1ccc(-c2ccccc2)o1)N1CCCCC1COc1cccnc1. The number of piperidine rings is 1. The lowest BCUT2D eigenvalue weighted by Crippen LogP contribution is -2.59. The smallest absolute Gasteiger partial charge is 0.410 e. The van der Waals surface area contributed by atoms with Crippen molar-refractivity contribution in [1.82, 2.24) is 24.7 Å². The molecule has 4 aromatic heterocycles. The fraction of sp³-hybridized carbons (Fsp3) is 0.312. The van der Waals surface area contributed by atoms with Crippen LogP contribution in [-0.4, -0.2) is 99.7 Å². The summed E-state index contributed by atoms with van der Waals surface area (Å²) >= 11 is 0. The summed E-state index contributed by atoms with van der Waals surface area (Å²) in [5.41, 5.74) is 1.26. The van der Waals surface area contributed by atoms with Crippen LogP contribution in [-0.2, 0) is 4.74 Å². The molecule has 15 heteroatoms. The van der Waals surface area contributed by atoms with Crippen LogP contribution in [0.1, 0.15) is 61.1 Å². The first-order valence-corrected chi connectivity index (χ1v) is 20.6. The number of amides is 3. The summed E-state index contributed by atoms with van der Waals surface area (Å²) in [4.78, 5) is 52.4. The number of piperazine rings is 1. The van der Waals surface area contributed by atoms with Crippen LogP contribution < -0.4 is 9.47 Å². The van der Waals surface area contributed by atoms with Gasteiger partial charge >= 0.3 is 6.09 Å². The molecule has 2 aromatic carbocycles. The zero-order chi connectivity index (χ0) is 42.6. The first-order chi connectivity index (χ1) is 29.6. The Morgan fingerprint density at radius 3 is 1.62 bits per heavy atom. The fourth-order valence-corrected chi connectivity index (χ4v) is 7.15. The molecule has 0 N–H and O–H groups in total. The third kappa shape index (κ3) is 13.1. The number of halogens is 2. The van der Waals surface area contributed by atoms with Crippen molar-refractivity contribution in [2.24, 2.45) is 0 Å². The lowest BCUT2D eigenvalue weighted by Gasteiger charge is -2.41. The predicted molar refractivity (Wildman–Crippen MR) is 244 cm³/mol. The minimum atomic E-state index is -0.603. The molecular formula is C48H53Cl2N5O8. The van der Waals surface area contributed by atoms with Crippen molar-refractivity contribution in [2.75, 3.05) is 39.4 Å². The van der Waals surface area contributed by atoms with Gasteiger partial charge in [-0.3, -0.25) is 19.6 Å². The lowest BCUT2D eigenvalue weighted by molar-refractivity contribution is -0.00163. The van der Waals surface area contributed by atoms with E-state index in [9.17, 15) is 14.4 Å². The molecule has 2 atom stereocenters. The molecular weight excluding hydrogens is 845 g/mol. The number of aromatic nitrogens is 2. The largest absolute Gasteiger partial charge is 0.490 e.